The lowest BCUT2D eigenvalue weighted by molar-refractivity contribution is -0.123. The van der Waals surface area contributed by atoms with Crippen LogP contribution in [0.4, 0.5) is 5.69 Å². The van der Waals surface area contributed by atoms with Gasteiger partial charge in [0.15, 0.2) is 18.1 Å². The number of benzene rings is 2. The molecule has 0 aliphatic carbocycles. The Hall–Kier alpha value is -3.22. The molecule has 7 nitrogen and oxygen atoms in total. The van der Waals surface area contributed by atoms with Gasteiger partial charge in [-0.15, -0.1) is 0 Å². The molecule has 1 fully saturated rings. The lowest BCUT2D eigenvalue weighted by Crippen LogP contribution is -2.39. The summed E-state index contributed by atoms with van der Waals surface area (Å²) in [7, 11) is 1.54. The maximum atomic E-state index is 12.3. The first-order valence-electron chi connectivity index (χ1n) is 9.19. The highest BCUT2D eigenvalue weighted by Crippen LogP contribution is 2.26. The van der Waals surface area contributed by atoms with Gasteiger partial charge in [-0.05, 0) is 43.3 Å². The zero-order chi connectivity index (χ0) is 19.9. The van der Waals surface area contributed by atoms with Gasteiger partial charge in [-0.3, -0.25) is 9.59 Å². The molecule has 1 aliphatic rings. The minimum Gasteiger partial charge on any atom is -0.494 e. The van der Waals surface area contributed by atoms with Crippen LogP contribution in [0.5, 0.6) is 17.2 Å². The summed E-state index contributed by atoms with van der Waals surface area (Å²) in [4.78, 5) is 26.2. The van der Waals surface area contributed by atoms with E-state index in [0.717, 1.165) is 11.4 Å². The number of amides is 2. The summed E-state index contributed by atoms with van der Waals surface area (Å²) in [5.74, 6) is 1.51. The Balaban J connectivity index is 1.52. The number of carbonyl (C=O) groups is 2. The number of hydrogen-bond donors (Lipinski definition) is 1. The van der Waals surface area contributed by atoms with Crippen LogP contribution in [0.3, 0.4) is 0 Å². The summed E-state index contributed by atoms with van der Waals surface area (Å²) in [5.41, 5.74) is 0.787. The molecule has 1 atom stereocenters. The molecule has 1 heterocycles. The van der Waals surface area contributed by atoms with Gasteiger partial charge in [-0.25, -0.2) is 0 Å². The van der Waals surface area contributed by atoms with Crippen molar-refractivity contribution in [3.8, 4) is 17.2 Å². The zero-order valence-electron chi connectivity index (χ0n) is 16.0. The number of ether oxygens (including phenoxy) is 3. The highest BCUT2D eigenvalue weighted by molar-refractivity contribution is 5.97. The normalized spacial score (nSPS) is 16.0. The zero-order valence-corrected chi connectivity index (χ0v) is 16.0. The predicted octanol–water partition coefficient (Wildman–Crippen LogP) is 2.39. The van der Waals surface area contributed by atoms with Gasteiger partial charge in [0.25, 0.3) is 5.91 Å². The van der Waals surface area contributed by atoms with Gasteiger partial charge in [0.05, 0.1) is 19.8 Å². The monoisotopic (exact) mass is 384 g/mol. The molecule has 1 N–H and O–H groups in total. The topological polar surface area (TPSA) is 77.1 Å². The van der Waals surface area contributed by atoms with Crippen LogP contribution in [0, 0.1) is 0 Å². The third-order valence-electron chi connectivity index (χ3n) is 4.38. The Bertz CT molecular complexity index is 822. The van der Waals surface area contributed by atoms with Crippen molar-refractivity contribution < 1.29 is 23.8 Å². The van der Waals surface area contributed by atoms with E-state index >= 15 is 0 Å². The van der Waals surface area contributed by atoms with E-state index in [-0.39, 0.29) is 30.9 Å². The van der Waals surface area contributed by atoms with Crippen molar-refractivity contribution in [3.05, 3.63) is 48.5 Å². The molecule has 0 aromatic heterocycles. The summed E-state index contributed by atoms with van der Waals surface area (Å²) in [6, 6.07) is 14.2. The number of rotatable bonds is 8. The molecular weight excluding hydrogens is 360 g/mol. The molecular formula is C21H24N2O5. The summed E-state index contributed by atoms with van der Waals surface area (Å²) >= 11 is 0. The number of para-hydroxylation sites is 2. The Morgan fingerprint density at radius 1 is 1.11 bits per heavy atom. The number of nitrogens with zero attached hydrogens (tertiary/aromatic N) is 1. The van der Waals surface area contributed by atoms with Crippen molar-refractivity contribution >= 4 is 17.5 Å². The first-order chi connectivity index (χ1) is 13.6. The molecule has 1 aliphatic heterocycles. The molecule has 0 unspecified atom stereocenters. The molecule has 1 saturated heterocycles. The minimum atomic E-state index is -0.280. The van der Waals surface area contributed by atoms with Crippen LogP contribution in [-0.2, 0) is 9.59 Å². The van der Waals surface area contributed by atoms with Crippen molar-refractivity contribution in [1.29, 1.82) is 0 Å². The molecule has 7 heteroatoms. The molecule has 0 spiro atoms. The van der Waals surface area contributed by atoms with E-state index < -0.39 is 0 Å². The third-order valence-corrected chi connectivity index (χ3v) is 4.38. The lowest BCUT2D eigenvalue weighted by Gasteiger charge is -2.18. The number of anilines is 1. The van der Waals surface area contributed by atoms with Crippen LogP contribution < -0.4 is 24.4 Å². The van der Waals surface area contributed by atoms with E-state index in [1.54, 1.807) is 30.2 Å². The second-order valence-electron chi connectivity index (χ2n) is 6.34. The van der Waals surface area contributed by atoms with Gasteiger partial charge < -0.3 is 24.4 Å². The van der Waals surface area contributed by atoms with E-state index in [0.29, 0.717) is 24.7 Å². The Morgan fingerprint density at radius 2 is 1.82 bits per heavy atom. The van der Waals surface area contributed by atoms with Gasteiger partial charge >= 0.3 is 0 Å². The lowest BCUT2D eigenvalue weighted by atomic mass is 10.2. The highest BCUT2D eigenvalue weighted by atomic mass is 16.5. The van der Waals surface area contributed by atoms with E-state index in [1.807, 2.05) is 37.3 Å². The van der Waals surface area contributed by atoms with Crippen molar-refractivity contribution in [2.75, 3.05) is 31.8 Å². The van der Waals surface area contributed by atoms with Crippen LogP contribution >= 0.6 is 0 Å². The molecule has 0 bridgehead atoms. The quantitative estimate of drug-likeness (QED) is 0.756. The summed E-state index contributed by atoms with van der Waals surface area (Å²) < 4.78 is 16.1. The maximum Gasteiger partial charge on any atom is 0.258 e. The Labute approximate surface area is 164 Å². The Morgan fingerprint density at radius 3 is 2.50 bits per heavy atom. The SMILES string of the molecule is CCOc1ccc(N2C[C@@H](NC(=O)COc3ccccc3OC)CC2=O)cc1. The fraction of sp³-hybridized carbons (Fsp3) is 0.333. The number of hydrogen-bond acceptors (Lipinski definition) is 5. The fourth-order valence-electron chi connectivity index (χ4n) is 3.09. The van der Waals surface area contributed by atoms with Crippen LogP contribution in [0.1, 0.15) is 13.3 Å². The molecule has 2 amide bonds. The smallest absolute Gasteiger partial charge is 0.258 e. The maximum absolute atomic E-state index is 12.3. The number of nitrogens with one attached hydrogen (secondary N) is 1. The summed E-state index contributed by atoms with van der Waals surface area (Å²) in [5, 5.41) is 2.86. The van der Waals surface area contributed by atoms with E-state index in [1.165, 1.54) is 0 Å². The minimum absolute atomic E-state index is 0.0277. The average molecular weight is 384 g/mol. The van der Waals surface area contributed by atoms with Gasteiger partial charge in [-0.2, -0.15) is 0 Å². The standard InChI is InChI=1S/C21H24N2O5/c1-3-27-17-10-8-16(9-11-17)23-13-15(12-21(23)25)22-20(24)14-28-19-7-5-4-6-18(19)26-2/h4-11,15H,3,12-14H2,1-2H3,(H,22,24)/t15-/m0/s1. The highest BCUT2D eigenvalue weighted by Gasteiger charge is 2.31. The van der Waals surface area contributed by atoms with Gasteiger partial charge in [0.1, 0.15) is 5.75 Å². The van der Waals surface area contributed by atoms with Crippen molar-refractivity contribution in [2.24, 2.45) is 0 Å². The first kappa shape index (κ1) is 19.5. The van der Waals surface area contributed by atoms with E-state index in [9.17, 15) is 9.59 Å². The third kappa shape index (κ3) is 4.73. The molecule has 0 radical (unpaired) electrons. The fourth-order valence-corrected chi connectivity index (χ4v) is 3.09. The molecule has 148 valence electrons. The van der Waals surface area contributed by atoms with Crippen molar-refractivity contribution in [1.82, 2.24) is 5.32 Å². The first-order valence-corrected chi connectivity index (χ1v) is 9.19. The average Bonchev–Trinajstić information content (AvgIpc) is 3.07. The van der Waals surface area contributed by atoms with Crippen LogP contribution in [0.2, 0.25) is 0 Å². The second kappa shape index (κ2) is 9.12. The van der Waals surface area contributed by atoms with Gasteiger partial charge in [-0.1, -0.05) is 12.1 Å². The van der Waals surface area contributed by atoms with Crippen LogP contribution in [-0.4, -0.2) is 44.7 Å². The van der Waals surface area contributed by atoms with Crippen LogP contribution in [0.15, 0.2) is 48.5 Å². The van der Waals surface area contributed by atoms with Crippen molar-refractivity contribution in [2.45, 2.75) is 19.4 Å². The summed E-state index contributed by atoms with van der Waals surface area (Å²) in [6.45, 7) is 2.79. The van der Waals surface area contributed by atoms with Gasteiger partial charge in [0, 0.05) is 18.7 Å². The largest absolute Gasteiger partial charge is 0.494 e. The Kier molecular flexibility index (Phi) is 6.37. The second-order valence-corrected chi connectivity index (χ2v) is 6.34. The molecule has 28 heavy (non-hydrogen) atoms. The van der Waals surface area contributed by atoms with E-state index in [4.69, 9.17) is 14.2 Å². The molecule has 0 saturated carbocycles. The molecule has 2 aromatic carbocycles. The van der Waals surface area contributed by atoms with Crippen molar-refractivity contribution in [3.63, 3.8) is 0 Å². The van der Waals surface area contributed by atoms with Crippen LogP contribution in [0.25, 0.3) is 0 Å². The summed E-state index contributed by atoms with van der Waals surface area (Å²) in [6.07, 6.45) is 0.258. The van der Waals surface area contributed by atoms with Gasteiger partial charge in [0.2, 0.25) is 5.91 Å². The molecule has 3 rings (SSSR count). The number of methoxy groups -OCH3 is 1. The number of carbonyl (C=O) groups excluding carboxylic acids is 2. The predicted molar refractivity (Wildman–Crippen MR) is 105 cm³/mol. The van der Waals surface area contributed by atoms with E-state index in [2.05, 4.69) is 5.32 Å². The molecule has 2 aromatic rings.